The molecule has 298 valence electrons. The van der Waals surface area contributed by atoms with E-state index < -0.39 is 31.3 Å². The van der Waals surface area contributed by atoms with Crippen molar-refractivity contribution in [3.8, 4) is 0 Å². The smallest absolute Gasteiger partial charge is 0.485 e. The van der Waals surface area contributed by atoms with Gasteiger partial charge in [-0.3, -0.25) is 0 Å². The van der Waals surface area contributed by atoms with E-state index in [9.17, 15) is 26.3 Å². The summed E-state index contributed by atoms with van der Waals surface area (Å²) in [6.07, 6.45) is 4.81. The maximum Gasteiger partial charge on any atom is 0.485 e. The fourth-order valence-corrected chi connectivity index (χ4v) is 7.89. The second-order valence-corrected chi connectivity index (χ2v) is 16.8. The second kappa shape index (κ2) is 14.6. The zero-order valence-corrected chi connectivity index (χ0v) is 31.8. The van der Waals surface area contributed by atoms with Crippen molar-refractivity contribution in [2.75, 3.05) is 0 Å². The Bertz CT molecular complexity index is 2410. The molecule has 2 atom stereocenters. The van der Waals surface area contributed by atoms with E-state index in [4.69, 9.17) is 25.9 Å². The molecule has 0 saturated carbocycles. The highest BCUT2D eigenvalue weighted by Gasteiger charge is 2.57. The Hall–Kier alpha value is -4.78. The zero-order chi connectivity index (χ0) is 41.1. The first-order valence-corrected chi connectivity index (χ1v) is 20.1. The number of rotatable bonds is 4. The first-order chi connectivity index (χ1) is 26.0. The highest BCUT2D eigenvalue weighted by Crippen LogP contribution is 2.59. The minimum atomic E-state index is -6.09. The van der Waals surface area contributed by atoms with Crippen molar-refractivity contribution in [3.63, 3.8) is 0 Å². The van der Waals surface area contributed by atoms with Crippen LogP contribution in [0.25, 0.3) is 22.1 Å². The van der Waals surface area contributed by atoms with Crippen LogP contribution in [0.2, 0.25) is 0 Å². The number of nitrogens with zero attached hydrogens (tertiary/aromatic N) is 4. The van der Waals surface area contributed by atoms with Gasteiger partial charge in [0.2, 0.25) is 12.7 Å². The van der Waals surface area contributed by atoms with Gasteiger partial charge in [-0.25, -0.2) is 35.1 Å². The lowest BCUT2D eigenvalue weighted by Gasteiger charge is -2.47. The maximum absolute atomic E-state index is 10.7. The fraction of sp³-hybridized carbons (Fsp3) is 0.316. The summed E-state index contributed by atoms with van der Waals surface area (Å²) >= 11 is 0. The van der Waals surface area contributed by atoms with E-state index in [1.807, 2.05) is 0 Å². The summed E-state index contributed by atoms with van der Waals surface area (Å²) in [5.41, 5.74) is -0.153. The first kappa shape index (κ1) is 40.9. The van der Waals surface area contributed by atoms with Gasteiger partial charge in [0.1, 0.15) is 0 Å². The van der Waals surface area contributed by atoms with Gasteiger partial charge in [-0.1, -0.05) is 72.8 Å². The molecule has 2 heterocycles. The van der Waals surface area contributed by atoms with E-state index >= 15 is 0 Å². The molecule has 4 aromatic carbocycles. The van der Waals surface area contributed by atoms with Gasteiger partial charge in [0.05, 0.1) is 23.9 Å². The van der Waals surface area contributed by atoms with Crippen LogP contribution in [-0.4, -0.2) is 46.1 Å². The molecule has 6 aromatic rings. The number of benzene rings is 4. The Morgan fingerprint density at radius 1 is 0.518 bits per heavy atom. The van der Waals surface area contributed by atoms with Crippen LogP contribution in [0.3, 0.4) is 0 Å². The SMILES string of the molecule is CC(C)n1c[n+]([C@H]2C3c4ccccc4C(c4ccccc43)[C@@H]2[n+]2cn(C(C)C)c3ccccc32)c2ccccc21.O=S(=O)([O-])C(F)(F)F.O=S(=O)([O-])C(F)(F)F. The van der Waals surface area contributed by atoms with E-state index in [1.54, 1.807) is 0 Å². The normalized spacial score (nSPS) is 19.3. The third-order valence-corrected chi connectivity index (χ3v) is 11.2. The van der Waals surface area contributed by atoms with Crippen molar-refractivity contribution in [2.45, 2.75) is 74.7 Å². The van der Waals surface area contributed by atoms with Crippen LogP contribution in [-0.2, 0) is 20.2 Å². The van der Waals surface area contributed by atoms with Crippen molar-refractivity contribution in [2.24, 2.45) is 0 Å². The van der Waals surface area contributed by atoms with Crippen molar-refractivity contribution < 1.29 is 61.4 Å². The molecule has 0 unspecified atom stereocenters. The zero-order valence-electron chi connectivity index (χ0n) is 30.2. The monoisotopic (exact) mass is 822 g/mol. The number of aromatic nitrogens is 4. The fourth-order valence-electron chi connectivity index (χ4n) is 7.89. The van der Waals surface area contributed by atoms with E-state index in [1.165, 1.54) is 44.3 Å². The standard InChI is InChI=1S/C36H36N4.2CHF3O3S/c1-23(2)37-21-39(31-19-11-9-17-29(31)37)35-33-25-13-5-7-15-27(25)34(28-16-8-6-14-26(28)33)36(35)40-22-38(24(3)4)30-18-10-12-20-32(30)40;2*2-1(3,4)8(5,6)7/h5-24,33-36H,1-4H3;2*(H,5,6,7)/q+2;;/p-2/t33?,34?,35-,36-;;/m0../s1. The number of fused-ring (bicyclic) bond motifs is 3. The molecular weight excluding hydrogens is 787 g/mol. The summed E-state index contributed by atoms with van der Waals surface area (Å²) in [4.78, 5) is 0. The van der Waals surface area contributed by atoms with Crippen molar-refractivity contribution >= 4 is 42.3 Å². The summed E-state index contributed by atoms with van der Waals surface area (Å²) in [6.45, 7) is 9.15. The third kappa shape index (κ3) is 7.30. The molecule has 3 aliphatic rings. The highest BCUT2D eigenvalue weighted by molar-refractivity contribution is 7.86. The quantitative estimate of drug-likeness (QED) is 0.0783. The third-order valence-electron chi connectivity index (χ3n) is 10.1. The average molecular weight is 823 g/mol. The molecular formula is C38H36F6N4O6S2. The Kier molecular flexibility index (Phi) is 10.7. The summed E-state index contributed by atoms with van der Waals surface area (Å²) in [5, 5.41) is 0. The molecule has 0 amide bonds. The molecule has 10 nitrogen and oxygen atoms in total. The van der Waals surface area contributed by atoms with Crippen molar-refractivity contribution in [3.05, 3.63) is 132 Å². The number of halogens is 6. The number of para-hydroxylation sites is 4. The minimum absolute atomic E-state index is 0.219. The Morgan fingerprint density at radius 2 is 0.768 bits per heavy atom. The largest absolute Gasteiger partial charge is 0.741 e. The van der Waals surface area contributed by atoms with Crippen LogP contribution in [0.1, 0.15) is 86.0 Å². The van der Waals surface area contributed by atoms with Gasteiger partial charge in [0, 0.05) is 0 Å². The van der Waals surface area contributed by atoms with E-state index in [2.05, 4.69) is 156 Å². The van der Waals surface area contributed by atoms with Gasteiger partial charge in [-0.15, -0.1) is 0 Å². The Balaban J connectivity index is 0.000000281. The Labute approximate surface area is 318 Å². The molecule has 0 N–H and O–H groups in total. The predicted molar refractivity (Wildman–Crippen MR) is 191 cm³/mol. The molecule has 3 aliphatic carbocycles. The van der Waals surface area contributed by atoms with E-state index in [0.29, 0.717) is 12.1 Å². The van der Waals surface area contributed by atoms with Gasteiger partial charge in [0.15, 0.2) is 54.4 Å². The molecule has 18 heteroatoms. The van der Waals surface area contributed by atoms with Crippen molar-refractivity contribution in [1.29, 1.82) is 0 Å². The van der Waals surface area contributed by atoms with Gasteiger partial charge in [0.25, 0.3) is 0 Å². The lowest BCUT2D eigenvalue weighted by atomic mass is 9.59. The summed E-state index contributed by atoms with van der Waals surface area (Å²) in [6, 6.07) is 37.6. The van der Waals surface area contributed by atoms with Crippen molar-refractivity contribution in [1.82, 2.24) is 9.13 Å². The summed E-state index contributed by atoms with van der Waals surface area (Å²) < 4.78 is 128. The summed E-state index contributed by atoms with van der Waals surface area (Å²) in [7, 11) is -12.2. The molecule has 2 bridgehead atoms. The van der Waals surface area contributed by atoms with Crippen LogP contribution in [0.15, 0.2) is 110 Å². The molecule has 56 heavy (non-hydrogen) atoms. The molecule has 2 aromatic heterocycles. The van der Waals surface area contributed by atoms with Crippen LogP contribution in [0.5, 0.6) is 0 Å². The van der Waals surface area contributed by atoms with Crippen LogP contribution in [0, 0.1) is 0 Å². The lowest BCUT2D eigenvalue weighted by molar-refractivity contribution is -0.800. The maximum atomic E-state index is 10.7. The van der Waals surface area contributed by atoms with Crippen LogP contribution < -0.4 is 9.13 Å². The van der Waals surface area contributed by atoms with Gasteiger partial charge in [-0.2, -0.15) is 26.3 Å². The predicted octanol–water partition coefficient (Wildman–Crippen LogP) is 7.51. The minimum Gasteiger partial charge on any atom is -0.741 e. The molecule has 0 radical (unpaired) electrons. The first-order valence-electron chi connectivity index (χ1n) is 17.3. The highest BCUT2D eigenvalue weighted by atomic mass is 32.2. The number of hydrogen-bond acceptors (Lipinski definition) is 6. The van der Waals surface area contributed by atoms with Crippen LogP contribution in [0.4, 0.5) is 26.3 Å². The number of hydrogen-bond donors (Lipinski definition) is 0. The number of imidazole rings is 2. The van der Waals surface area contributed by atoms with E-state index in [-0.39, 0.29) is 23.9 Å². The van der Waals surface area contributed by atoms with Gasteiger partial charge in [-0.05, 0) is 74.2 Å². The lowest BCUT2D eigenvalue weighted by Crippen LogP contribution is -2.60. The van der Waals surface area contributed by atoms with Gasteiger partial charge >= 0.3 is 11.0 Å². The van der Waals surface area contributed by atoms with E-state index in [0.717, 1.165) is 0 Å². The molecule has 0 aliphatic heterocycles. The summed E-state index contributed by atoms with van der Waals surface area (Å²) in [5.74, 6) is 0.514. The second-order valence-electron chi connectivity index (χ2n) is 14.0. The number of alkyl halides is 6. The average Bonchev–Trinajstić information content (AvgIpc) is 3.70. The molecule has 9 rings (SSSR count). The molecule has 0 spiro atoms. The van der Waals surface area contributed by atoms with Gasteiger partial charge < -0.3 is 9.11 Å². The Morgan fingerprint density at radius 3 is 1.02 bits per heavy atom. The molecule has 0 fully saturated rings. The molecule has 0 saturated heterocycles. The van der Waals surface area contributed by atoms with Crippen LogP contribution >= 0.6 is 0 Å². The topological polar surface area (TPSA) is 132 Å².